The second-order valence-electron chi connectivity index (χ2n) is 4.99. The molecule has 0 atom stereocenters. The minimum atomic E-state index is -0.586. The second-order valence-corrected chi connectivity index (χ2v) is 4.99. The normalized spacial score (nSPS) is 10.1. The predicted octanol–water partition coefficient (Wildman–Crippen LogP) is 2.49. The number of nitrogens with zero attached hydrogens (tertiary/aromatic N) is 2. The van der Waals surface area contributed by atoms with Gasteiger partial charge in [0.25, 0.3) is 5.56 Å². The van der Waals surface area contributed by atoms with Crippen molar-refractivity contribution in [1.82, 2.24) is 4.98 Å². The summed E-state index contributed by atoms with van der Waals surface area (Å²) in [5.41, 5.74) is 7.16. The summed E-state index contributed by atoms with van der Waals surface area (Å²) in [6.45, 7) is 4.14. The molecule has 1 heterocycles. The third-order valence-corrected chi connectivity index (χ3v) is 3.33. The first-order valence-corrected chi connectivity index (χ1v) is 6.45. The summed E-state index contributed by atoms with van der Waals surface area (Å²) in [7, 11) is 0. The summed E-state index contributed by atoms with van der Waals surface area (Å²) in [4.78, 5) is 14.2. The van der Waals surface area contributed by atoms with Crippen LogP contribution in [-0.4, -0.2) is 4.98 Å². The van der Waals surface area contributed by atoms with Crippen molar-refractivity contribution in [2.75, 3.05) is 5.73 Å². The topological polar surface area (TPSA) is 106 Å². The van der Waals surface area contributed by atoms with Gasteiger partial charge in [0.15, 0.2) is 0 Å². The summed E-state index contributed by atoms with van der Waals surface area (Å²) >= 11 is 0. The fourth-order valence-electron chi connectivity index (χ4n) is 2.17. The number of nitrogens with two attached hydrogens (primary N) is 1. The molecular formula is C16H14N4O. The van der Waals surface area contributed by atoms with Gasteiger partial charge in [-0.05, 0) is 17.0 Å². The molecule has 0 fully saturated rings. The molecular weight excluding hydrogens is 264 g/mol. The first-order chi connectivity index (χ1) is 9.99. The zero-order chi connectivity index (χ0) is 15.6. The maximum atomic E-state index is 11.8. The highest BCUT2D eigenvalue weighted by atomic mass is 16.1. The molecule has 0 aliphatic rings. The monoisotopic (exact) mass is 278 g/mol. The zero-order valence-corrected chi connectivity index (χ0v) is 11.8. The number of benzene rings is 1. The van der Waals surface area contributed by atoms with Gasteiger partial charge >= 0.3 is 0 Å². The van der Waals surface area contributed by atoms with Crippen LogP contribution in [0.5, 0.6) is 0 Å². The van der Waals surface area contributed by atoms with Crippen molar-refractivity contribution in [2.24, 2.45) is 0 Å². The molecule has 0 aliphatic heterocycles. The molecule has 0 saturated heterocycles. The maximum Gasteiger partial charge on any atom is 0.268 e. The molecule has 0 spiro atoms. The number of rotatable bonds is 2. The Kier molecular flexibility index (Phi) is 3.77. The highest BCUT2D eigenvalue weighted by molar-refractivity contribution is 5.80. The van der Waals surface area contributed by atoms with Crippen molar-refractivity contribution in [3.05, 3.63) is 51.3 Å². The number of H-pyrrole nitrogens is 1. The van der Waals surface area contributed by atoms with E-state index in [-0.39, 0.29) is 22.5 Å². The molecule has 0 saturated carbocycles. The Hall–Kier alpha value is -3.05. The highest BCUT2D eigenvalue weighted by Crippen LogP contribution is 2.29. The Bertz CT molecular complexity index is 818. The minimum Gasteiger partial charge on any atom is -0.384 e. The maximum absolute atomic E-state index is 11.8. The van der Waals surface area contributed by atoms with E-state index in [1.54, 1.807) is 12.1 Å². The standard InChI is InChI=1S/C16H14N4O/c1-9(2)10-3-5-11(6-4-10)14-12(7-17)15(19)20-16(21)13(14)8-18/h3-6,9H,1-2H3,(H3,19,20,21). The number of anilines is 1. The molecule has 0 amide bonds. The highest BCUT2D eigenvalue weighted by Gasteiger charge is 2.17. The lowest BCUT2D eigenvalue weighted by Gasteiger charge is -2.10. The van der Waals surface area contributed by atoms with E-state index in [2.05, 4.69) is 18.8 Å². The molecule has 0 aliphatic carbocycles. The van der Waals surface area contributed by atoms with Gasteiger partial charge in [-0.3, -0.25) is 4.79 Å². The van der Waals surface area contributed by atoms with Crippen molar-refractivity contribution in [2.45, 2.75) is 19.8 Å². The molecule has 5 nitrogen and oxygen atoms in total. The molecule has 0 unspecified atom stereocenters. The van der Waals surface area contributed by atoms with Crippen LogP contribution in [0.3, 0.4) is 0 Å². The average Bonchev–Trinajstić information content (AvgIpc) is 2.46. The number of pyridine rings is 1. The Morgan fingerprint density at radius 3 is 2.14 bits per heavy atom. The van der Waals surface area contributed by atoms with Crippen molar-refractivity contribution >= 4 is 5.82 Å². The molecule has 0 radical (unpaired) electrons. The molecule has 2 rings (SSSR count). The zero-order valence-electron chi connectivity index (χ0n) is 11.8. The Morgan fingerprint density at radius 1 is 1.10 bits per heavy atom. The smallest absolute Gasteiger partial charge is 0.268 e. The first-order valence-electron chi connectivity index (χ1n) is 6.45. The van der Waals surface area contributed by atoms with Crippen LogP contribution in [0.4, 0.5) is 5.82 Å². The predicted molar refractivity (Wildman–Crippen MR) is 80.4 cm³/mol. The van der Waals surface area contributed by atoms with Crippen molar-refractivity contribution in [3.8, 4) is 23.3 Å². The van der Waals surface area contributed by atoms with E-state index in [0.717, 1.165) is 5.56 Å². The van der Waals surface area contributed by atoms with E-state index < -0.39 is 5.56 Å². The van der Waals surface area contributed by atoms with Crippen LogP contribution in [0.1, 0.15) is 36.5 Å². The third kappa shape index (κ3) is 2.50. The van der Waals surface area contributed by atoms with E-state index in [4.69, 9.17) is 5.73 Å². The number of nitrogen functional groups attached to an aromatic ring is 1. The molecule has 1 aromatic carbocycles. The largest absolute Gasteiger partial charge is 0.384 e. The van der Waals surface area contributed by atoms with Crippen LogP contribution < -0.4 is 11.3 Å². The number of nitrogens with one attached hydrogen (secondary N) is 1. The summed E-state index contributed by atoms with van der Waals surface area (Å²) in [6.07, 6.45) is 0. The van der Waals surface area contributed by atoms with E-state index in [1.165, 1.54) is 0 Å². The molecule has 5 heteroatoms. The SMILES string of the molecule is CC(C)c1ccc(-c2c(C#N)c(N)[nH]c(=O)c2C#N)cc1. The first kappa shape index (κ1) is 14.4. The summed E-state index contributed by atoms with van der Waals surface area (Å²) in [6, 6.07) is 11.2. The van der Waals surface area contributed by atoms with Gasteiger partial charge in [0.2, 0.25) is 0 Å². The van der Waals surface area contributed by atoms with Gasteiger partial charge in [0.1, 0.15) is 29.1 Å². The van der Waals surface area contributed by atoms with Gasteiger partial charge in [0, 0.05) is 5.56 Å². The number of aromatic nitrogens is 1. The molecule has 0 bridgehead atoms. The Morgan fingerprint density at radius 2 is 1.67 bits per heavy atom. The summed E-state index contributed by atoms with van der Waals surface area (Å²) in [5.74, 6) is 0.346. The van der Waals surface area contributed by atoms with Crippen LogP contribution in [0.2, 0.25) is 0 Å². The quantitative estimate of drug-likeness (QED) is 0.879. The minimum absolute atomic E-state index is 0.0237. The number of hydrogen-bond donors (Lipinski definition) is 2. The van der Waals surface area contributed by atoms with E-state index in [1.807, 2.05) is 24.3 Å². The van der Waals surface area contributed by atoms with Crippen LogP contribution in [-0.2, 0) is 0 Å². The van der Waals surface area contributed by atoms with Crippen LogP contribution in [0, 0.1) is 22.7 Å². The molecule has 2 aromatic rings. The van der Waals surface area contributed by atoms with E-state index in [0.29, 0.717) is 11.5 Å². The van der Waals surface area contributed by atoms with E-state index >= 15 is 0 Å². The van der Waals surface area contributed by atoms with Gasteiger partial charge in [-0.25, -0.2) is 0 Å². The van der Waals surface area contributed by atoms with Crippen LogP contribution >= 0.6 is 0 Å². The van der Waals surface area contributed by atoms with Gasteiger partial charge in [-0.1, -0.05) is 38.1 Å². The summed E-state index contributed by atoms with van der Waals surface area (Å²) < 4.78 is 0. The lowest BCUT2D eigenvalue weighted by molar-refractivity contribution is 0.867. The van der Waals surface area contributed by atoms with Gasteiger partial charge in [0.05, 0.1) is 0 Å². The second kappa shape index (κ2) is 5.52. The number of nitriles is 2. The lowest BCUT2D eigenvalue weighted by atomic mass is 9.94. The van der Waals surface area contributed by atoms with Gasteiger partial charge in [-0.2, -0.15) is 10.5 Å². The average molecular weight is 278 g/mol. The van der Waals surface area contributed by atoms with Gasteiger partial charge in [-0.15, -0.1) is 0 Å². The Labute approximate surface area is 122 Å². The van der Waals surface area contributed by atoms with Crippen molar-refractivity contribution in [3.63, 3.8) is 0 Å². The molecule has 104 valence electrons. The third-order valence-electron chi connectivity index (χ3n) is 3.33. The number of hydrogen-bond acceptors (Lipinski definition) is 4. The lowest BCUT2D eigenvalue weighted by Crippen LogP contribution is -2.16. The fourth-order valence-corrected chi connectivity index (χ4v) is 2.17. The van der Waals surface area contributed by atoms with Gasteiger partial charge < -0.3 is 10.7 Å². The van der Waals surface area contributed by atoms with Crippen LogP contribution in [0.15, 0.2) is 29.1 Å². The number of aromatic amines is 1. The van der Waals surface area contributed by atoms with Crippen molar-refractivity contribution < 1.29 is 0 Å². The fraction of sp³-hybridized carbons (Fsp3) is 0.188. The molecule has 1 aromatic heterocycles. The van der Waals surface area contributed by atoms with E-state index in [9.17, 15) is 15.3 Å². The molecule has 21 heavy (non-hydrogen) atoms. The van der Waals surface area contributed by atoms with Crippen LogP contribution in [0.25, 0.3) is 11.1 Å². The van der Waals surface area contributed by atoms with Crippen molar-refractivity contribution in [1.29, 1.82) is 10.5 Å². The molecule has 3 N–H and O–H groups in total. The summed E-state index contributed by atoms with van der Waals surface area (Å²) in [5, 5.41) is 18.4. The Balaban J connectivity index is 2.77.